The molecule has 5 heterocycles. The number of aromatic amines is 2. The molecule has 0 aliphatic carbocycles. The average molecular weight is 439 g/mol. The highest BCUT2D eigenvalue weighted by atomic mass is 15.1. The minimum atomic E-state index is 0.871. The topological polar surface area (TPSA) is 73.5 Å². The zero-order chi connectivity index (χ0) is 22.6. The highest BCUT2D eigenvalue weighted by molar-refractivity contribution is 5.89. The van der Waals surface area contributed by atoms with Crippen LogP contribution < -0.4 is 10.6 Å². The SMILES string of the molecule is C=C(/C=c1/c(-c2cc3ccncc3[nH]2)n[nH]/c1=C/C)c1cncc(CCCN2CCCC2)c1. The second kappa shape index (κ2) is 9.55. The third-order valence-electron chi connectivity index (χ3n) is 6.42. The Kier molecular flexibility index (Phi) is 6.17. The summed E-state index contributed by atoms with van der Waals surface area (Å²) in [6.45, 7) is 10.0. The van der Waals surface area contributed by atoms with E-state index in [2.05, 4.69) is 54.8 Å². The van der Waals surface area contributed by atoms with Crippen LogP contribution in [-0.4, -0.2) is 49.7 Å². The molecular weight excluding hydrogens is 408 g/mol. The van der Waals surface area contributed by atoms with Crippen LogP contribution in [0.3, 0.4) is 0 Å². The molecule has 1 aliphatic heterocycles. The van der Waals surface area contributed by atoms with E-state index in [9.17, 15) is 0 Å². The van der Waals surface area contributed by atoms with E-state index in [4.69, 9.17) is 0 Å². The first kappa shape index (κ1) is 21.3. The fraction of sp³-hybridized carbons (Fsp3) is 0.296. The Hall–Kier alpha value is -3.51. The first-order valence-electron chi connectivity index (χ1n) is 11.7. The molecule has 6 heteroatoms. The Morgan fingerprint density at radius 2 is 2.03 bits per heavy atom. The van der Waals surface area contributed by atoms with Crippen molar-refractivity contribution < 1.29 is 0 Å². The number of pyridine rings is 2. The summed E-state index contributed by atoms with van der Waals surface area (Å²) >= 11 is 0. The number of rotatable bonds is 7. The van der Waals surface area contributed by atoms with Gasteiger partial charge < -0.3 is 9.88 Å². The van der Waals surface area contributed by atoms with Crippen LogP contribution in [0.15, 0.2) is 49.6 Å². The van der Waals surface area contributed by atoms with Gasteiger partial charge in [-0.2, -0.15) is 5.10 Å². The van der Waals surface area contributed by atoms with Gasteiger partial charge >= 0.3 is 0 Å². The Labute approximate surface area is 193 Å². The molecule has 4 aromatic rings. The molecule has 1 aliphatic rings. The fourth-order valence-corrected chi connectivity index (χ4v) is 4.61. The third-order valence-corrected chi connectivity index (χ3v) is 6.42. The summed E-state index contributed by atoms with van der Waals surface area (Å²) in [6.07, 6.45) is 16.5. The van der Waals surface area contributed by atoms with Crippen molar-refractivity contribution in [1.29, 1.82) is 0 Å². The summed E-state index contributed by atoms with van der Waals surface area (Å²) in [5.74, 6) is 0. The van der Waals surface area contributed by atoms with E-state index in [1.54, 1.807) is 6.20 Å². The lowest BCUT2D eigenvalue weighted by Crippen LogP contribution is -2.23. The van der Waals surface area contributed by atoms with Crippen molar-refractivity contribution in [2.24, 2.45) is 0 Å². The lowest BCUT2D eigenvalue weighted by Gasteiger charge is -2.14. The molecule has 0 spiro atoms. The predicted octanol–water partition coefficient (Wildman–Crippen LogP) is 3.67. The van der Waals surface area contributed by atoms with E-state index in [0.717, 1.165) is 56.8 Å². The van der Waals surface area contributed by atoms with Crippen molar-refractivity contribution in [3.05, 3.63) is 71.3 Å². The smallest absolute Gasteiger partial charge is 0.116 e. The quantitative estimate of drug-likeness (QED) is 0.462. The summed E-state index contributed by atoms with van der Waals surface area (Å²) in [7, 11) is 0. The molecular formula is C27H30N6. The molecule has 2 N–H and O–H groups in total. The molecule has 5 rings (SSSR count). The van der Waals surface area contributed by atoms with E-state index < -0.39 is 0 Å². The van der Waals surface area contributed by atoms with Gasteiger partial charge in [-0.3, -0.25) is 15.1 Å². The Bertz CT molecular complexity index is 1350. The first-order valence-corrected chi connectivity index (χ1v) is 11.7. The van der Waals surface area contributed by atoms with Gasteiger partial charge in [0.25, 0.3) is 0 Å². The molecule has 0 amide bonds. The number of aromatic nitrogens is 5. The molecule has 6 nitrogen and oxygen atoms in total. The van der Waals surface area contributed by atoms with Crippen LogP contribution in [0, 0.1) is 0 Å². The molecule has 4 aromatic heterocycles. The van der Waals surface area contributed by atoms with E-state index in [0.29, 0.717) is 0 Å². The summed E-state index contributed by atoms with van der Waals surface area (Å²) < 4.78 is 0. The highest BCUT2D eigenvalue weighted by Gasteiger charge is 2.12. The van der Waals surface area contributed by atoms with Crippen molar-refractivity contribution in [3.8, 4) is 11.4 Å². The van der Waals surface area contributed by atoms with Crippen LogP contribution in [0.25, 0.3) is 40.0 Å². The molecule has 0 saturated carbocycles. The summed E-state index contributed by atoms with van der Waals surface area (Å²) in [4.78, 5) is 14.7. The van der Waals surface area contributed by atoms with Gasteiger partial charge in [-0.25, -0.2) is 0 Å². The van der Waals surface area contributed by atoms with Crippen molar-refractivity contribution >= 4 is 28.6 Å². The molecule has 168 valence electrons. The maximum atomic E-state index is 4.59. The molecule has 1 fully saturated rings. The zero-order valence-electron chi connectivity index (χ0n) is 19.1. The molecule has 0 atom stereocenters. The van der Waals surface area contributed by atoms with Gasteiger partial charge in [0.1, 0.15) is 5.69 Å². The lowest BCUT2D eigenvalue weighted by molar-refractivity contribution is 0.334. The van der Waals surface area contributed by atoms with Crippen LogP contribution in [0.4, 0.5) is 0 Å². The lowest BCUT2D eigenvalue weighted by atomic mass is 10.0. The predicted molar refractivity (Wildman–Crippen MR) is 135 cm³/mol. The fourth-order valence-electron chi connectivity index (χ4n) is 4.61. The van der Waals surface area contributed by atoms with E-state index in [-0.39, 0.29) is 0 Å². The first-order chi connectivity index (χ1) is 16.2. The van der Waals surface area contributed by atoms with Crippen molar-refractivity contribution in [1.82, 2.24) is 30.0 Å². The minimum absolute atomic E-state index is 0.871. The maximum absolute atomic E-state index is 4.59. The van der Waals surface area contributed by atoms with Crippen LogP contribution in [0.1, 0.15) is 37.3 Å². The monoisotopic (exact) mass is 438 g/mol. The normalized spacial score (nSPS) is 15.7. The number of nitrogens with zero attached hydrogens (tertiary/aromatic N) is 4. The largest absolute Gasteiger partial charge is 0.352 e. The Morgan fingerprint density at radius 1 is 1.15 bits per heavy atom. The van der Waals surface area contributed by atoms with Gasteiger partial charge in [-0.1, -0.05) is 12.7 Å². The van der Waals surface area contributed by atoms with Gasteiger partial charge in [0.2, 0.25) is 0 Å². The van der Waals surface area contributed by atoms with Crippen molar-refractivity contribution in [2.75, 3.05) is 19.6 Å². The number of hydrogen-bond donors (Lipinski definition) is 2. The second-order valence-electron chi connectivity index (χ2n) is 8.74. The number of fused-ring (bicyclic) bond motifs is 1. The van der Waals surface area contributed by atoms with E-state index >= 15 is 0 Å². The van der Waals surface area contributed by atoms with Crippen LogP contribution in [-0.2, 0) is 6.42 Å². The Balaban J connectivity index is 1.41. The molecule has 0 bridgehead atoms. The number of allylic oxidation sites excluding steroid dienone is 1. The van der Waals surface area contributed by atoms with Crippen LogP contribution >= 0.6 is 0 Å². The molecule has 1 saturated heterocycles. The molecule has 0 radical (unpaired) electrons. The van der Waals surface area contributed by atoms with Crippen molar-refractivity contribution in [2.45, 2.75) is 32.6 Å². The highest BCUT2D eigenvalue weighted by Crippen LogP contribution is 2.20. The second-order valence-corrected chi connectivity index (χ2v) is 8.74. The Morgan fingerprint density at radius 3 is 2.85 bits per heavy atom. The molecule has 0 aromatic carbocycles. The van der Waals surface area contributed by atoms with Crippen LogP contribution in [0.5, 0.6) is 0 Å². The zero-order valence-corrected chi connectivity index (χ0v) is 19.1. The van der Waals surface area contributed by atoms with Crippen molar-refractivity contribution in [3.63, 3.8) is 0 Å². The van der Waals surface area contributed by atoms with E-state index in [1.807, 2.05) is 37.7 Å². The van der Waals surface area contributed by atoms with Gasteiger partial charge in [0, 0.05) is 29.2 Å². The molecule has 33 heavy (non-hydrogen) atoms. The van der Waals surface area contributed by atoms with E-state index in [1.165, 1.54) is 38.0 Å². The van der Waals surface area contributed by atoms with Crippen LogP contribution in [0.2, 0.25) is 0 Å². The summed E-state index contributed by atoms with van der Waals surface area (Å²) in [5, 5.41) is 10.8. The number of hydrogen-bond acceptors (Lipinski definition) is 4. The third kappa shape index (κ3) is 4.66. The van der Waals surface area contributed by atoms with Gasteiger partial charge in [0.05, 0.1) is 22.8 Å². The maximum Gasteiger partial charge on any atom is 0.116 e. The van der Waals surface area contributed by atoms with Gasteiger partial charge in [-0.05, 0) is 93.2 Å². The summed E-state index contributed by atoms with van der Waals surface area (Å²) in [5.41, 5.74) is 6.05. The summed E-state index contributed by atoms with van der Waals surface area (Å²) in [6, 6.07) is 6.33. The number of nitrogens with one attached hydrogen (secondary N) is 2. The molecule has 0 unspecified atom stereocenters. The number of likely N-dealkylation sites (tertiary alicyclic amines) is 1. The minimum Gasteiger partial charge on any atom is -0.352 e. The van der Waals surface area contributed by atoms with Gasteiger partial charge in [-0.15, -0.1) is 0 Å². The van der Waals surface area contributed by atoms with Gasteiger partial charge in [0.15, 0.2) is 0 Å². The standard InChI is InChI=1S/C27H30N6/c1-3-24-23(27(32-31-24)25-15-21-8-9-28-18-26(21)30-25)13-19(2)22-14-20(16-29-17-22)7-6-12-33-10-4-5-11-33/h3,8-9,13-18,30-31H,2,4-7,10-12H2,1H3/b23-13+,24-3+. The number of H-pyrrole nitrogens is 2. The average Bonchev–Trinajstić information content (AvgIpc) is 3.58. The number of aryl methyl sites for hydroxylation is 1.